The van der Waals surface area contributed by atoms with E-state index < -0.39 is 18.1 Å². The maximum atomic E-state index is 11.8. The molecule has 92 valence electrons. The summed E-state index contributed by atoms with van der Waals surface area (Å²) in [5, 5.41) is 17.9. The number of hydrogen-bond donors (Lipinski definition) is 3. The quantitative estimate of drug-likeness (QED) is 0.584. The van der Waals surface area contributed by atoms with Gasteiger partial charge in [0.15, 0.2) is 0 Å². The highest BCUT2D eigenvalue weighted by Gasteiger charge is 2.26. The van der Waals surface area contributed by atoms with Crippen LogP contribution in [0.5, 0.6) is 0 Å². The highest BCUT2D eigenvalue weighted by atomic mass is 16.4. The maximum Gasteiger partial charge on any atom is 0.303 e. The Labute approximate surface area is 94.0 Å². The third kappa shape index (κ3) is 3.79. The number of hydrogen-bond acceptors (Lipinski definition) is 4. The number of carbonyl (C=O) groups excluding carboxylic acids is 1. The second-order valence-corrected chi connectivity index (χ2v) is 4.12. The summed E-state index contributed by atoms with van der Waals surface area (Å²) < 4.78 is 0. The van der Waals surface area contributed by atoms with Gasteiger partial charge in [-0.1, -0.05) is 0 Å². The molecule has 0 bridgehead atoms. The third-order valence-electron chi connectivity index (χ3n) is 2.69. The van der Waals surface area contributed by atoms with Crippen molar-refractivity contribution in [3.63, 3.8) is 0 Å². The lowest BCUT2D eigenvalue weighted by molar-refractivity contribution is -0.138. The Morgan fingerprint density at radius 2 is 2.19 bits per heavy atom. The first-order chi connectivity index (χ1) is 7.50. The minimum absolute atomic E-state index is 0.108. The van der Waals surface area contributed by atoms with Gasteiger partial charge in [0.25, 0.3) is 0 Å². The molecule has 1 rings (SSSR count). The molecule has 0 aromatic carbocycles. The maximum absolute atomic E-state index is 11.8. The van der Waals surface area contributed by atoms with E-state index in [-0.39, 0.29) is 18.7 Å². The number of aliphatic carboxylic acids is 1. The molecule has 1 aliphatic rings. The van der Waals surface area contributed by atoms with Gasteiger partial charge >= 0.3 is 5.97 Å². The fraction of sp³-hybridized carbons (Fsp3) is 0.800. The van der Waals surface area contributed by atoms with E-state index in [1.54, 1.807) is 0 Å². The topological polar surface area (TPSA) is 104 Å². The van der Waals surface area contributed by atoms with Gasteiger partial charge < -0.3 is 20.8 Å². The number of amides is 1. The number of nitrogens with two attached hydrogens (primary N) is 1. The van der Waals surface area contributed by atoms with E-state index >= 15 is 0 Å². The van der Waals surface area contributed by atoms with E-state index in [9.17, 15) is 14.7 Å². The molecule has 16 heavy (non-hydrogen) atoms. The zero-order valence-corrected chi connectivity index (χ0v) is 9.13. The second kappa shape index (κ2) is 5.81. The molecule has 6 heteroatoms. The molecule has 0 aromatic rings. The van der Waals surface area contributed by atoms with Crippen molar-refractivity contribution in [1.29, 1.82) is 0 Å². The van der Waals surface area contributed by atoms with Crippen molar-refractivity contribution in [3.8, 4) is 0 Å². The summed E-state index contributed by atoms with van der Waals surface area (Å²) in [4.78, 5) is 23.6. The largest absolute Gasteiger partial charge is 0.481 e. The van der Waals surface area contributed by atoms with Gasteiger partial charge in [-0.05, 0) is 19.3 Å². The summed E-state index contributed by atoms with van der Waals surface area (Å²) in [5.74, 6) is -1.22. The Bertz CT molecular complexity index is 270. The van der Waals surface area contributed by atoms with Crippen LogP contribution in [-0.4, -0.2) is 52.2 Å². The number of carboxylic acids is 1. The summed E-state index contributed by atoms with van der Waals surface area (Å²) in [5.41, 5.74) is 5.61. The molecule has 1 unspecified atom stereocenters. The molecular formula is C10H18N2O4. The molecule has 4 N–H and O–H groups in total. The van der Waals surface area contributed by atoms with Crippen LogP contribution >= 0.6 is 0 Å². The molecule has 1 heterocycles. The van der Waals surface area contributed by atoms with Gasteiger partial charge in [0.1, 0.15) is 0 Å². The summed E-state index contributed by atoms with van der Waals surface area (Å²) in [6.07, 6.45) is 1.01. The van der Waals surface area contributed by atoms with Crippen molar-refractivity contribution in [2.45, 2.75) is 37.8 Å². The van der Waals surface area contributed by atoms with Gasteiger partial charge in [-0.15, -0.1) is 0 Å². The van der Waals surface area contributed by atoms with E-state index in [4.69, 9.17) is 10.8 Å². The van der Waals surface area contributed by atoms with Crippen molar-refractivity contribution < 1.29 is 19.8 Å². The molecule has 1 saturated heterocycles. The van der Waals surface area contributed by atoms with E-state index in [0.29, 0.717) is 19.5 Å². The summed E-state index contributed by atoms with van der Waals surface area (Å²) in [6.45, 7) is 0.899. The Morgan fingerprint density at radius 1 is 1.50 bits per heavy atom. The standard InChI is InChI=1S/C10H18N2O4/c11-8(3-4-9(14)15)10(16)12-5-1-2-7(13)6-12/h7-8,13H,1-6,11H2,(H,14,15)/t7-,8?/m0/s1. The Hall–Kier alpha value is -1.14. The Balaban J connectivity index is 2.40. The highest BCUT2D eigenvalue weighted by Crippen LogP contribution is 2.11. The molecular weight excluding hydrogens is 212 g/mol. The normalized spacial score (nSPS) is 22.9. The predicted molar refractivity (Wildman–Crippen MR) is 56.7 cm³/mol. The van der Waals surface area contributed by atoms with Crippen molar-refractivity contribution in [3.05, 3.63) is 0 Å². The fourth-order valence-electron chi connectivity index (χ4n) is 1.79. The van der Waals surface area contributed by atoms with Gasteiger partial charge in [0.05, 0.1) is 12.1 Å². The van der Waals surface area contributed by atoms with Crippen molar-refractivity contribution in [2.75, 3.05) is 13.1 Å². The first-order valence-corrected chi connectivity index (χ1v) is 5.45. The van der Waals surface area contributed by atoms with Crippen molar-refractivity contribution in [1.82, 2.24) is 4.90 Å². The minimum Gasteiger partial charge on any atom is -0.481 e. The SMILES string of the molecule is NC(CCC(=O)O)C(=O)N1CCC[C@H](O)C1. The minimum atomic E-state index is -0.957. The van der Waals surface area contributed by atoms with Crippen LogP contribution in [0.1, 0.15) is 25.7 Å². The van der Waals surface area contributed by atoms with Crippen LogP contribution in [0.2, 0.25) is 0 Å². The van der Waals surface area contributed by atoms with Gasteiger partial charge in [-0.2, -0.15) is 0 Å². The van der Waals surface area contributed by atoms with Crippen LogP contribution in [-0.2, 0) is 9.59 Å². The van der Waals surface area contributed by atoms with Crippen LogP contribution in [0.25, 0.3) is 0 Å². The van der Waals surface area contributed by atoms with Crippen LogP contribution in [0.4, 0.5) is 0 Å². The highest BCUT2D eigenvalue weighted by molar-refractivity contribution is 5.82. The molecule has 1 aliphatic heterocycles. The Morgan fingerprint density at radius 3 is 2.75 bits per heavy atom. The van der Waals surface area contributed by atoms with Crippen LogP contribution < -0.4 is 5.73 Å². The number of carboxylic acid groups (broad SMARTS) is 1. The molecule has 0 saturated carbocycles. The van der Waals surface area contributed by atoms with Gasteiger partial charge in [-0.3, -0.25) is 9.59 Å². The second-order valence-electron chi connectivity index (χ2n) is 4.12. The molecule has 2 atom stereocenters. The summed E-state index contributed by atoms with van der Waals surface area (Å²) in [7, 11) is 0. The average molecular weight is 230 g/mol. The zero-order chi connectivity index (χ0) is 12.1. The lowest BCUT2D eigenvalue weighted by atomic mass is 10.1. The number of rotatable bonds is 4. The van der Waals surface area contributed by atoms with Gasteiger partial charge in [0.2, 0.25) is 5.91 Å². The van der Waals surface area contributed by atoms with E-state index in [1.807, 2.05) is 0 Å². The Kier molecular flexibility index (Phi) is 4.70. The average Bonchev–Trinajstić information content (AvgIpc) is 2.24. The fourth-order valence-corrected chi connectivity index (χ4v) is 1.79. The molecule has 6 nitrogen and oxygen atoms in total. The number of nitrogens with zero attached hydrogens (tertiary/aromatic N) is 1. The monoisotopic (exact) mass is 230 g/mol. The third-order valence-corrected chi connectivity index (χ3v) is 2.69. The molecule has 0 aromatic heterocycles. The molecule has 0 aliphatic carbocycles. The lowest BCUT2D eigenvalue weighted by Gasteiger charge is -2.31. The van der Waals surface area contributed by atoms with E-state index in [2.05, 4.69) is 0 Å². The van der Waals surface area contributed by atoms with E-state index in [0.717, 1.165) is 6.42 Å². The first-order valence-electron chi connectivity index (χ1n) is 5.45. The predicted octanol–water partition coefficient (Wildman–Crippen LogP) is -0.838. The summed E-state index contributed by atoms with van der Waals surface area (Å²) in [6, 6.07) is -0.776. The number of carbonyl (C=O) groups is 2. The molecule has 1 amide bonds. The molecule has 1 fully saturated rings. The van der Waals surface area contributed by atoms with Gasteiger partial charge in [0, 0.05) is 19.5 Å². The van der Waals surface area contributed by atoms with Crippen molar-refractivity contribution in [2.24, 2.45) is 5.73 Å². The first kappa shape index (κ1) is 12.9. The van der Waals surface area contributed by atoms with Crippen LogP contribution in [0.3, 0.4) is 0 Å². The number of aliphatic hydroxyl groups excluding tert-OH is 1. The number of piperidine rings is 1. The number of likely N-dealkylation sites (tertiary alicyclic amines) is 1. The van der Waals surface area contributed by atoms with Crippen molar-refractivity contribution >= 4 is 11.9 Å². The number of β-amino-alcohol motifs (C(OH)–C–C–N with tert-alkyl or cyclic N) is 1. The number of aliphatic hydroxyl groups is 1. The molecule has 0 radical (unpaired) electrons. The van der Waals surface area contributed by atoms with E-state index in [1.165, 1.54) is 4.90 Å². The van der Waals surface area contributed by atoms with Gasteiger partial charge in [-0.25, -0.2) is 0 Å². The zero-order valence-electron chi connectivity index (χ0n) is 9.13. The smallest absolute Gasteiger partial charge is 0.303 e. The lowest BCUT2D eigenvalue weighted by Crippen LogP contribution is -2.49. The molecule has 0 spiro atoms. The van der Waals surface area contributed by atoms with Crippen LogP contribution in [0, 0.1) is 0 Å². The summed E-state index contributed by atoms with van der Waals surface area (Å²) >= 11 is 0. The van der Waals surface area contributed by atoms with Crippen LogP contribution in [0.15, 0.2) is 0 Å².